The van der Waals surface area contributed by atoms with Gasteiger partial charge in [0.05, 0.1) is 21.4 Å². The van der Waals surface area contributed by atoms with Crippen molar-refractivity contribution in [1.82, 2.24) is 15.3 Å². The molecule has 1 aromatic carbocycles. The first-order chi connectivity index (χ1) is 11.6. The van der Waals surface area contributed by atoms with E-state index in [1.54, 1.807) is 29.0 Å². The lowest BCUT2D eigenvalue weighted by atomic mass is 10.1. The number of rotatable bonds is 7. The van der Waals surface area contributed by atoms with Gasteiger partial charge in [-0.25, -0.2) is 14.0 Å². The second-order valence-corrected chi connectivity index (χ2v) is 7.56. The summed E-state index contributed by atoms with van der Waals surface area (Å²) in [7, 11) is 0. The molecule has 0 unspecified atom stereocenters. The number of aryl methyl sites for hydroxylation is 1. The Morgan fingerprint density at radius 1 is 1.38 bits per heavy atom. The van der Waals surface area contributed by atoms with Crippen molar-refractivity contribution in [3.63, 3.8) is 0 Å². The molecule has 0 bridgehead atoms. The molecule has 0 amide bonds. The number of benzene rings is 1. The molecule has 3 rings (SSSR count). The molecule has 2 heterocycles. The molecule has 0 atom stereocenters. The van der Waals surface area contributed by atoms with E-state index in [1.165, 1.54) is 17.8 Å². The Morgan fingerprint density at radius 3 is 3.00 bits per heavy atom. The van der Waals surface area contributed by atoms with Gasteiger partial charge in [0, 0.05) is 17.6 Å². The van der Waals surface area contributed by atoms with Gasteiger partial charge in [0.1, 0.15) is 5.82 Å². The maximum Gasteiger partial charge on any atom is 0.170 e. The van der Waals surface area contributed by atoms with E-state index in [4.69, 9.17) is 10.0 Å². The highest BCUT2D eigenvalue weighted by molar-refractivity contribution is 9.10. The highest BCUT2D eigenvalue weighted by Gasteiger charge is 2.16. The van der Waals surface area contributed by atoms with Crippen LogP contribution in [0.25, 0.3) is 0 Å². The Hall–Kier alpha value is -1.58. The number of nitrogens with one attached hydrogen (secondary N) is 1. The molecule has 0 radical (unpaired) electrons. The number of aromatic nitrogens is 3. The molecule has 0 saturated heterocycles. The number of hydrogen-bond acceptors (Lipinski definition) is 7. The summed E-state index contributed by atoms with van der Waals surface area (Å²) in [5, 5.41) is 18.5. The fourth-order valence-corrected chi connectivity index (χ4v) is 3.92. The van der Waals surface area contributed by atoms with E-state index in [2.05, 4.69) is 31.2 Å². The molecule has 0 spiro atoms. The first kappa shape index (κ1) is 17.2. The van der Waals surface area contributed by atoms with Crippen LogP contribution >= 0.6 is 39.0 Å². The van der Waals surface area contributed by atoms with Gasteiger partial charge in [0.25, 0.3) is 0 Å². The van der Waals surface area contributed by atoms with Crippen molar-refractivity contribution in [3.8, 4) is 0 Å². The third-order valence-corrected chi connectivity index (χ3v) is 5.38. The molecule has 0 aliphatic heterocycles. The minimum Gasteiger partial charge on any atom is -0.302 e. The lowest BCUT2D eigenvalue weighted by Crippen LogP contribution is -2.06. The molecule has 5 nitrogen and oxygen atoms in total. The molecule has 0 saturated carbocycles. The van der Waals surface area contributed by atoms with Gasteiger partial charge in [0.2, 0.25) is 0 Å². The van der Waals surface area contributed by atoms with Crippen LogP contribution in [0.5, 0.6) is 0 Å². The van der Waals surface area contributed by atoms with Gasteiger partial charge in [-0.05, 0) is 50.4 Å². The predicted octanol–water partition coefficient (Wildman–Crippen LogP) is 4.37. The Balaban J connectivity index is 1.62. The van der Waals surface area contributed by atoms with Crippen molar-refractivity contribution in [1.29, 1.82) is 5.41 Å². The highest BCUT2D eigenvalue weighted by atomic mass is 79.9. The van der Waals surface area contributed by atoms with Gasteiger partial charge < -0.3 is 5.41 Å². The zero-order chi connectivity index (χ0) is 16.9. The molecule has 24 heavy (non-hydrogen) atoms. The second-order valence-electron chi connectivity index (χ2n) is 4.90. The van der Waals surface area contributed by atoms with Gasteiger partial charge in [0.15, 0.2) is 10.7 Å². The fraction of sp³-hybridized carbons (Fsp3) is 0.200. The Bertz CT molecular complexity index is 838. The molecule has 9 heteroatoms. The smallest absolute Gasteiger partial charge is 0.170 e. The molecular formula is C15H12BrFN4OS2. The average Bonchev–Trinajstić information content (AvgIpc) is 3.22. The summed E-state index contributed by atoms with van der Waals surface area (Å²) in [6.45, 7) is 0. The highest BCUT2D eigenvalue weighted by Crippen LogP contribution is 2.23. The van der Waals surface area contributed by atoms with Crippen LogP contribution in [0.2, 0.25) is 0 Å². The van der Waals surface area contributed by atoms with Crippen molar-refractivity contribution in [2.75, 3.05) is 5.75 Å². The maximum absolute atomic E-state index is 13.3. The van der Waals surface area contributed by atoms with Crippen LogP contribution in [0.1, 0.15) is 17.0 Å². The van der Waals surface area contributed by atoms with E-state index in [0.717, 1.165) is 23.4 Å². The second kappa shape index (κ2) is 8.00. The monoisotopic (exact) mass is 426 g/mol. The van der Waals surface area contributed by atoms with Crippen LogP contribution in [0, 0.1) is 11.2 Å². The third kappa shape index (κ3) is 4.28. The minimum absolute atomic E-state index is 0.283. The van der Waals surface area contributed by atoms with Gasteiger partial charge in [-0.3, -0.25) is 0 Å². The largest absolute Gasteiger partial charge is 0.302 e. The normalized spacial score (nSPS) is 10.9. The molecular weight excluding hydrogens is 415 g/mol. The van der Waals surface area contributed by atoms with E-state index in [-0.39, 0.29) is 11.5 Å². The van der Waals surface area contributed by atoms with Gasteiger partial charge >= 0.3 is 0 Å². The average molecular weight is 427 g/mol. The van der Waals surface area contributed by atoms with Gasteiger partial charge in [-0.15, -0.1) is 23.1 Å². The number of halogens is 2. The number of nitrogens with zero attached hydrogens (tertiary/aromatic N) is 3. The van der Waals surface area contributed by atoms with Crippen molar-refractivity contribution >= 4 is 44.7 Å². The Morgan fingerprint density at radius 2 is 2.25 bits per heavy atom. The minimum atomic E-state index is -0.327. The van der Waals surface area contributed by atoms with E-state index < -0.39 is 0 Å². The zero-order valence-electron chi connectivity index (χ0n) is 12.3. The van der Waals surface area contributed by atoms with Gasteiger partial charge in [-0.2, -0.15) is 0 Å². The number of hydrogen-bond donors (Lipinski definition) is 1. The Labute approximate surface area is 154 Å². The van der Waals surface area contributed by atoms with Crippen molar-refractivity contribution in [3.05, 3.63) is 56.3 Å². The molecule has 124 valence electrons. The first-order valence-corrected chi connectivity index (χ1v) is 9.70. The van der Waals surface area contributed by atoms with E-state index in [0.29, 0.717) is 21.6 Å². The SMILES string of the molecule is N=C(Cc1ccc(F)c(Br)c1)c1nonc1SCCc1cscn1. The van der Waals surface area contributed by atoms with E-state index in [9.17, 15) is 4.39 Å². The zero-order valence-corrected chi connectivity index (χ0v) is 15.5. The van der Waals surface area contributed by atoms with Crippen LogP contribution in [-0.2, 0) is 12.8 Å². The topological polar surface area (TPSA) is 75.7 Å². The van der Waals surface area contributed by atoms with Crippen molar-refractivity contribution in [2.24, 2.45) is 0 Å². The van der Waals surface area contributed by atoms with Gasteiger partial charge in [-0.1, -0.05) is 6.07 Å². The molecule has 0 fully saturated rings. The molecule has 3 aromatic rings. The lowest BCUT2D eigenvalue weighted by Gasteiger charge is -2.04. The predicted molar refractivity (Wildman–Crippen MR) is 95.5 cm³/mol. The summed E-state index contributed by atoms with van der Waals surface area (Å²) in [6, 6.07) is 4.68. The standard InChI is InChI=1S/C15H12BrFN4OS2/c16-11-5-9(1-2-12(11)17)6-13(18)14-15(21-22-20-14)24-4-3-10-7-23-8-19-10/h1-2,5,7-8,18H,3-4,6H2. The number of thiazole rings is 1. The summed E-state index contributed by atoms with van der Waals surface area (Å²) < 4.78 is 18.5. The van der Waals surface area contributed by atoms with Crippen LogP contribution in [-0.4, -0.2) is 26.8 Å². The summed E-state index contributed by atoms with van der Waals surface area (Å²) in [6.07, 6.45) is 1.14. The Kier molecular flexibility index (Phi) is 5.75. The van der Waals surface area contributed by atoms with E-state index in [1.807, 2.05) is 5.38 Å². The van der Waals surface area contributed by atoms with Crippen LogP contribution in [0.3, 0.4) is 0 Å². The van der Waals surface area contributed by atoms with Crippen molar-refractivity contribution in [2.45, 2.75) is 17.9 Å². The molecule has 1 N–H and O–H groups in total. The number of thioether (sulfide) groups is 1. The summed E-state index contributed by atoms with van der Waals surface area (Å²) in [4.78, 5) is 4.23. The van der Waals surface area contributed by atoms with Crippen LogP contribution < -0.4 is 0 Å². The summed E-state index contributed by atoms with van der Waals surface area (Å²) in [5.41, 5.74) is 4.37. The third-order valence-electron chi connectivity index (χ3n) is 3.19. The van der Waals surface area contributed by atoms with Crippen LogP contribution in [0.15, 0.2) is 43.2 Å². The van der Waals surface area contributed by atoms with Crippen molar-refractivity contribution < 1.29 is 9.02 Å². The summed E-state index contributed by atoms with van der Waals surface area (Å²) in [5.74, 6) is 0.451. The summed E-state index contributed by atoms with van der Waals surface area (Å²) >= 11 is 6.20. The molecule has 0 aliphatic rings. The lowest BCUT2D eigenvalue weighted by molar-refractivity contribution is 0.298. The van der Waals surface area contributed by atoms with Crippen LogP contribution in [0.4, 0.5) is 4.39 Å². The fourth-order valence-electron chi connectivity index (χ4n) is 2.01. The molecule has 2 aromatic heterocycles. The first-order valence-electron chi connectivity index (χ1n) is 6.97. The van der Waals surface area contributed by atoms with E-state index >= 15 is 0 Å². The quantitative estimate of drug-likeness (QED) is 0.448. The maximum atomic E-state index is 13.3. The molecule has 0 aliphatic carbocycles.